The minimum absolute atomic E-state index is 0.184. The van der Waals surface area contributed by atoms with E-state index in [1.165, 1.54) is 0 Å². The second-order valence-corrected chi connectivity index (χ2v) is 11.1. The third-order valence-corrected chi connectivity index (χ3v) is 6.90. The van der Waals surface area contributed by atoms with Crippen LogP contribution in [0.2, 0.25) is 0 Å². The highest BCUT2D eigenvalue weighted by Crippen LogP contribution is 2.27. The van der Waals surface area contributed by atoms with Gasteiger partial charge >= 0.3 is 0 Å². The van der Waals surface area contributed by atoms with Gasteiger partial charge in [0.1, 0.15) is 6.10 Å². The van der Waals surface area contributed by atoms with E-state index < -0.39 is 38.0 Å². The molecule has 0 unspecified atom stereocenters. The fraction of sp³-hybridized carbons (Fsp3) is 0.400. The van der Waals surface area contributed by atoms with Crippen LogP contribution in [0.1, 0.15) is 44.9 Å². The molecule has 5 nitrogen and oxygen atoms in total. The van der Waals surface area contributed by atoms with Gasteiger partial charge in [-0.15, -0.1) is 0 Å². The molecule has 3 atom stereocenters. The molecule has 2 rings (SSSR count). The molecule has 0 radical (unpaired) electrons. The molecule has 0 aromatic heterocycles. The topological polar surface area (TPSA) is 72.5 Å². The number of nitrogens with one attached hydrogen (secondary N) is 1. The quantitative estimate of drug-likeness (QED) is 0.753. The molecule has 0 heterocycles. The van der Waals surface area contributed by atoms with Gasteiger partial charge in [-0.2, -0.15) is 0 Å². The lowest BCUT2D eigenvalue weighted by molar-refractivity contribution is 0.190. The van der Waals surface area contributed by atoms with Gasteiger partial charge in [-0.25, -0.2) is 17.3 Å². The Morgan fingerprint density at radius 2 is 1.56 bits per heavy atom. The number of rotatable bonds is 7. The Morgan fingerprint density at radius 3 is 2.07 bits per heavy atom. The maximum atomic E-state index is 12.7. The summed E-state index contributed by atoms with van der Waals surface area (Å²) in [4.78, 5) is 0.184. The molecule has 0 bridgehead atoms. The number of sulfonamides is 1. The Bertz CT molecular complexity index is 872. The minimum atomic E-state index is -3.73. The zero-order chi connectivity index (χ0) is 20.2. The highest BCUT2D eigenvalue weighted by Gasteiger charge is 2.31. The molecule has 148 valence electrons. The van der Waals surface area contributed by atoms with E-state index in [4.69, 9.17) is 4.18 Å². The molecule has 0 saturated heterocycles. The second kappa shape index (κ2) is 8.65. The molecular formula is C20H27NO4S2. The standard InChI is InChI=1S/C20H27NO4S2/c1-15-11-13-18(14-12-15)27(23,24)21-16(2)19(17-9-7-6-8-10-17)25-26(22)20(3,4)5/h6-14,16,19,21H,1-5H3/t16-,19-,26-/m1/s1. The van der Waals surface area contributed by atoms with Gasteiger partial charge in [-0.05, 0) is 52.3 Å². The third-order valence-electron chi connectivity index (χ3n) is 3.95. The Balaban J connectivity index is 2.29. The average molecular weight is 410 g/mol. The molecule has 0 saturated carbocycles. The van der Waals surface area contributed by atoms with Crippen molar-refractivity contribution in [3.63, 3.8) is 0 Å². The summed E-state index contributed by atoms with van der Waals surface area (Å²) in [5.74, 6) is 0. The maximum absolute atomic E-state index is 12.7. The van der Waals surface area contributed by atoms with Crippen LogP contribution in [0.3, 0.4) is 0 Å². The molecule has 0 spiro atoms. The van der Waals surface area contributed by atoms with Crippen molar-refractivity contribution in [2.24, 2.45) is 0 Å². The predicted molar refractivity (Wildman–Crippen MR) is 109 cm³/mol. The molecule has 0 aliphatic heterocycles. The van der Waals surface area contributed by atoms with Gasteiger partial charge in [-0.1, -0.05) is 48.0 Å². The van der Waals surface area contributed by atoms with E-state index in [2.05, 4.69) is 4.72 Å². The van der Waals surface area contributed by atoms with Crippen molar-refractivity contribution in [3.8, 4) is 0 Å². The van der Waals surface area contributed by atoms with Crippen LogP contribution in [0.4, 0.5) is 0 Å². The summed E-state index contributed by atoms with van der Waals surface area (Å²) >= 11 is -1.60. The highest BCUT2D eigenvalue weighted by molar-refractivity contribution is 7.89. The zero-order valence-electron chi connectivity index (χ0n) is 16.3. The van der Waals surface area contributed by atoms with Crippen molar-refractivity contribution in [2.45, 2.75) is 56.4 Å². The predicted octanol–water partition coefficient (Wildman–Crippen LogP) is 3.88. The summed E-state index contributed by atoms with van der Waals surface area (Å²) in [6.45, 7) is 9.04. The van der Waals surface area contributed by atoms with Crippen LogP contribution in [0.5, 0.6) is 0 Å². The van der Waals surface area contributed by atoms with Crippen molar-refractivity contribution in [1.82, 2.24) is 4.72 Å². The average Bonchev–Trinajstić information content (AvgIpc) is 2.59. The lowest BCUT2D eigenvalue weighted by Crippen LogP contribution is -2.39. The molecule has 0 aliphatic rings. The molecule has 7 heteroatoms. The van der Waals surface area contributed by atoms with Gasteiger partial charge in [0.15, 0.2) is 11.1 Å². The third kappa shape index (κ3) is 5.97. The first kappa shape index (κ1) is 21.8. The molecule has 2 aromatic carbocycles. The highest BCUT2D eigenvalue weighted by atomic mass is 32.2. The van der Waals surface area contributed by atoms with Gasteiger partial charge in [0.2, 0.25) is 10.0 Å². The van der Waals surface area contributed by atoms with E-state index in [0.29, 0.717) is 0 Å². The second-order valence-electron chi connectivity index (χ2n) is 7.50. The van der Waals surface area contributed by atoms with E-state index >= 15 is 0 Å². The number of hydrogen-bond acceptors (Lipinski definition) is 4. The number of hydrogen-bond donors (Lipinski definition) is 1. The number of aryl methyl sites for hydroxylation is 1. The smallest absolute Gasteiger partial charge is 0.240 e. The lowest BCUT2D eigenvalue weighted by Gasteiger charge is -2.28. The van der Waals surface area contributed by atoms with E-state index in [9.17, 15) is 12.6 Å². The van der Waals surface area contributed by atoms with Crippen LogP contribution >= 0.6 is 0 Å². The van der Waals surface area contributed by atoms with Crippen LogP contribution in [0.25, 0.3) is 0 Å². The first-order valence-corrected chi connectivity index (χ1v) is 11.3. The van der Waals surface area contributed by atoms with Crippen molar-refractivity contribution in [2.75, 3.05) is 0 Å². The molecule has 1 N–H and O–H groups in total. The van der Waals surface area contributed by atoms with Gasteiger partial charge in [0.05, 0.1) is 15.7 Å². The Labute approximate surface area is 164 Å². The molecular weight excluding hydrogens is 382 g/mol. The summed E-state index contributed by atoms with van der Waals surface area (Å²) in [5, 5.41) is 0. The maximum Gasteiger partial charge on any atom is 0.240 e. The number of benzene rings is 2. The Morgan fingerprint density at radius 1 is 1.00 bits per heavy atom. The Kier molecular flexibility index (Phi) is 6.97. The molecule has 2 aromatic rings. The van der Waals surface area contributed by atoms with Crippen LogP contribution in [0, 0.1) is 6.92 Å². The summed E-state index contributed by atoms with van der Waals surface area (Å²) in [7, 11) is -3.73. The molecule has 0 fully saturated rings. The van der Waals surface area contributed by atoms with Gasteiger partial charge in [-0.3, -0.25) is 4.18 Å². The SMILES string of the molecule is Cc1ccc(S(=O)(=O)N[C@H](C)[C@@H](O[S@@](=O)C(C)(C)C)c2ccccc2)cc1. The molecule has 0 amide bonds. The zero-order valence-corrected chi connectivity index (χ0v) is 17.9. The molecule has 27 heavy (non-hydrogen) atoms. The van der Waals surface area contributed by atoms with Crippen molar-refractivity contribution >= 4 is 21.1 Å². The van der Waals surface area contributed by atoms with Crippen LogP contribution < -0.4 is 4.72 Å². The van der Waals surface area contributed by atoms with Gasteiger partial charge in [0.25, 0.3) is 0 Å². The summed E-state index contributed by atoms with van der Waals surface area (Å²) in [6.07, 6.45) is -0.688. The minimum Gasteiger partial charge on any atom is -0.280 e. The first-order chi connectivity index (χ1) is 12.5. The van der Waals surface area contributed by atoms with Gasteiger partial charge in [0, 0.05) is 0 Å². The van der Waals surface area contributed by atoms with Crippen molar-refractivity contribution in [1.29, 1.82) is 0 Å². The molecule has 0 aliphatic carbocycles. The van der Waals surface area contributed by atoms with E-state index in [1.54, 1.807) is 31.2 Å². The van der Waals surface area contributed by atoms with Gasteiger partial charge < -0.3 is 0 Å². The van der Waals surface area contributed by atoms with Crippen molar-refractivity contribution in [3.05, 3.63) is 65.7 Å². The van der Waals surface area contributed by atoms with E-state index in [0.717, 1.165) is 11.1 Å². The summed E-state index contributed by atoms with van der Waals surface area (Å²) < 4.78 is 45.9. The fourth-order valence-electron chi connectivity index (χ4n) is 2.40. The van der Waals surface area contributed by atoms with Crippen LogP contribution in [-0.2, 0) is 25.3 Å². The van der Waals surface area contributed by atoms with Crippen LogP contribution in [0.15, 0.2) is 59.5 Å². The first-order valence-electron chi connectivity index (χ1n) is 8.73. The van der Waals surface area contributed by atoms with Crippen LogP contribution in [-0.4, -0.2) is 23.4 Å². The normalized spacial score (nSPS) is 15.9. The lowest BCUT2D eigenvalue weighted by atomic mass is 10.0. The van der Waals surface area contributed by atoms with E-state index in [1.807, 2.05) is 58.0 Å². The monoisotopic (exact) mass is 409 g/mol. The Hall–Kier alpha value is -1.54. The fourth-order valence-corrected chi connectivity index (χ4v) is 4.40. The summed E-state index contributed by atoms with van der Waals surface area (Å²) in [6, 6.07) is 15.2. The van der Waals surface area contributed by atoms with E-state index in [-0.39, 0.29) is 4.90 Å². The van der Waals surface area contributed by atoms with Crippen molar-refractivity contribution < 1.29 is 16.8 Å². The largest absolute Gasteiger partial charge is 0.280 e. The summed E-state index contributed by atoms with van der Waals surface area (Å²) in [5.41, 5.74) is 1.74.